The molecule has 1 atom stereocenters. The number of amides is 2. The van der Waals surface area contributed by atoms with Gasteiger partial charge in [-0.1, -0.05) is 29.3 Å². The summed E-state index contributed by atoms with van der Waals surface area (Å²) in [6.45, 7) is 0. The second kappa shape index (κ2) is 8.00. The number of hydrogen-bond donors (Lipinski definition) is 2. The minimum atomic E-state index is -3.02. The van der Waals surface area contributed by atoms with Crippen LogP contribution in [-0.4, -0.2) is 31.7 Å². The molecule has 1 aliphatic heterocycles. The van der Waals surface area contributed by atoms with Gasteiger partial charge >= 0.3 is 0 Å². The zero-order chi connectivity index (χ0) is 17.7. The fourth-order valence-corrected chi connectivity index (χ4v) is 4.65. The smallest absolute Gasteiger partial charge is 0.262 e. The molecule has 1 aliphatic rings. The Labute approximate surface area is 150 Å². The Morgan fingerprint density at radius 2 is 2.00 bits per heavy atom. The predicted molar refractivity (Wildman–Crippen MR) is 93.2 cm³/mol. The SMILES string of the molecule is O=C(/C=C/c1ccc(Cl)cc1Cl)NNC(=O)C[C@H]1CCS(=O)(=O)C1. The van der Waals surface area contributed by atoms with E-state index in [2.05, 4.69) is 10.9 Å². The van der Waals surface area contributed by atoms with Gasteiger partial charge in [-0.05, 0) is 36.1 Å². The molecule has 0 saturated carbocycles. The van der Waals surface area contributed by atoms with Gasteiger partial charge in [-0.2, -0.15) is 0 Å². The first kappa shape index (κ1) is 18.8. The molecule has 1 heterocycles. The molecule has 0 aromatic heterocycles. The molecule has 2 N–H and O–H groups in total. The number of hydrogen-bond acceptors (Lipinski definition) is 4. The number of hydrazine groups is 1. The van der Waals surface area contributed by atoms with Crippen molar-refractivity contribution in [1.82, 2.24) is 10.9 Å². The topological polar surface area (TPSA) is 92.3 Å². The van der Waals surface area contributed by atoms with Crippen molar-refractivity contribution in [3.05, 3.63) is 39.9 Å². The molecule has 2 rings (SSSR count). The number of halogens is 2. The minimum absolute atomic E-state index is 0.0172. The lowest BCUT2D eigenvalue weighted by atomic mass is 10.1. The van der Waals surface area contributed by atoms with Gasteiger partial charge in [-0.25, -0.2) is 8.42 Å². The molecule has 1 saturated heterocycles. The van der Waals surface area contributed by atoms with E-state index >= 15 is 0 Å². The van der Waals surface area contributed by atoms with Crippen LogP contribution in [0.4, 0.5) is 0 Å². The zero-order valence-electron chi connectivity index (χ0n) is 12.6. The van der Waals surface area contributed by atoms with Gasteiger partial charge in [0, 0.05) is 22.5 Å². The molecular formula is C15H16Cl2N2O4S. The van der Waals surface area contributed by atoms with E-state index in [0.29, 0.717) is 22.0 Å². The Morgan fingerprint density at radius 3 is 2.62 bits per heavy atom. The van der Waals surface area contributed by atoms with E-state index in [1.807, 2.05) is 0 Å². The van der Waals surface area contributed by atoms with E-state index in [1.54, 1.807) is 18.2 Å². The van der Waals surface area contributed by atoms with Crippen molar-refractivity contribution >= 4 is 50.9 Å². The molecule has 0 aliphatic carbocycles. The van der Waals surface area contributed by atoms with Crippen LogP contribution >= 0.6 is 23.2 Å². The summed E-state index contributed by atoms with van der Waals surface area (Å²) in [6.07, 6.45) is 3.24. The standard InChI is InChI=1S/C15H16Cl2N2O4S/c16-12-3-1-11(13(17)8-12)2-4-14(20)18-19-15(21)7-10-5-6-24(22,23)9-10/h1-4,8,10H,5-7,9H2,(H,18,20)(H,19,21)/b4-2+/t10-/m1/s1. The summed E-state index contributed by atoms with van der Waals surface area (Å²) in [5, 5.41) is 0.890. The highest BCUT2D eigenvalue weighted by molar-refractivity contribution is 7.91. The van der Waals surface area contributed by atoms with Crippen LogP contribution in [0.15, 0.2) is 24.3 Å². The van der Waals surface area contributed by atoms with E-state index in [1.165, 1.54) is 12.2 Å². The molecule has 1 fully saturated rings. The maximum Gasteiger partial charge on any atom is 0.262 e. The number of carbonyl (C=O) groups excluding carboxylic acids is 2. The number of carbonyl (C=O) groups is 2. The Morgan fingerprint density at radius 1 is 1.25 bits per heavy atom. The van der Waals surface area contributed by atoms with Crippen LogP contribution in [0.3, 0.4) is 0 Å². The average Bonchev–Trinajstić information content (AvgIpc) is 2.83. The van der Waals surface area contributed by atoms with Crippen molar-refractivity contribution in [2.24, 2.45) is 5.92 Å². The van der Waals surface area contributed by atoms with Crippen molar-refractivity contribution in [3.8, 4) is 0 Å². The summed E-state index contributed by atoms with van der Waals surface area (Å²) < 4.78 is 22.7. The van der Waals surface area contributed by atoms with Crippen molar-refractivity contribution in [1.29, 1.82) is 0 Å². The fraction of sp³-hybridized carbons (Fsp3) is 0.333. The molecule has 2 amide bonds. The van der Waals surface area contributed by atoms with Crippen LogP contribution in [-0.2, 0) is 19.4 Å². The second-order valence-electron chi connectivity index (χ2n) is 5.51. The quantitative estimate of drug-likeness (QED) is 0.607. The largest absolute Gasteiger partial charge is 0.273 e. The van der Waals surface area contributed by atoms with Crippen molar-refractivity contribution < 1.29 is 18.0 Å². The first-order valence-corrected chi connectivity index (χ1v) is 9.75. The highest BCUT2D eigenvalue weighted by Gasteiger charge is 2.29. The Kier molecular flexibility index (Phi) is 6.26. The van der Waals surface area contributed by atoms with Crippen LogP contribution in [0.5, 0.6) is 0 Å². The number of nitrogens with one attached hydrogen (secondary N) is 2. The van der Waals surface area contributed by atoms with Gasteiger partial charge in [0.1, 0.15) is 0 Å². The third-order valence-corrected chi connectivity index (χ3v) is 5.90. The summed E-state index contributed by atoms with van der Waals surface area (Å²) in [6, 6.07) is 4.86. The minimum Gasteiger partial charge on any atom is -0.273 e. The van der Waals surface area contributed by atoms with Gasteiger partial charge in [0.05, 0.1) is 11.5 Å². The van der Waals surface area contributed by atoms with E-state index in [9.17, 15) is 18.0 Å². The summed E-state index contributed by atoms with van der Waals surface area (Å²) in [4.78, 5) is 23.4. The van der Waals surface area contributed by atoms with E-state index in [4.69, 9.17) is 23.2 Å². The van der Waals surface area contributed by atoms with Crippen LogP contribution in [0, 0.1) is 5.92 Å². The van der Waals surface area contributed by atoms with Gasteiger partial charge in [-0.15, -0.1) is 0 Å². The van der Waals surface area contributed by atoms with Crippen molar-refractivity contribution in [2.45, 2.75) is 12.8 Å². The van der Waals surface area contributed by atoms with Crippen molar-refractivity contribution in [3.63, 3.8) is 0 Å². The highest BCUT2D eigenvalue weighted by atomic mass is 35.5. The van der Waals surface area contributed by atoms with E-state index in [0.717, 1.165) is 0 Å². The molecule has 9 heteroatoms. The molecule has 1 aromatic carbocycles. The highest BCUT2D eigenvalue weighted by Crippen LogP contribution is 2.22. The first-order valence-electron chi connectivity index (χ1n) is 7.17. The summed E-state index contributed by atoms with van der Waals surface area (Å²) in [5.74, 6) is -1.03. The maximum atomic E-state index is 11.7. The van der Waals surface area contributed by atoms with Crippen molar-refractivity contribution in [2.75, 3.05) is 11.5 Å². The maximum absolute atomic E-state index is 11.7. The Bertz CT molecular complexity index is 778. The Balaban J connectivity index is 1.78. The van der Waals surface area contributed by atoms with Gasteiger partial charge in [0.25, 0.3) is 5.91 Å². The molecule has 24 heavy (non-hydrogen) atoms. The number of benzene rings is 1. The van der Waals surface area contributed by atoms with Crippen LogP contribution in [0.2, 0.25) is 10.0 Å². The van der Waals surface area contributed by atoms with Crippen LogP contribution in [0.1, 0.15) is 18.4 Å². The fourth-order valence-electron chi connectivity index (χ4n) is 2.32. The van der Waals surface area contributed by atoms with Gasteiger partial charge in [-0.3, -0.25) is 20.4 Å². The normalized spacial score (nSPS) is 19.3. The molecule has 130 valence electrons. The number of rotatable bonds is 4. The average molecular weight is 391 g/mol. The van der Waals surface area contributed by atoms with E-state index in [-0.39, 0.29) is 23.8 Å². The van der Waals surface area contributed by atoms with E-state index < -0.39 is 21.7 Å². The second-order valence-corrected chi connectivity index (χ2v) is 8.58. The molecule has 0 radical (unpaired) electrons. The predicted octanol–water partition coefficient (Wildman–Crippen LogP) is 1.98. The molecule has 0 unspecified atom stereocenters. The zero-order valence-corrected chi connectivity index (χ0v) is 14.9. The lowest BCUT2D eigenvalue weighted by molar-refractivity contribution is -0.127. The first-order chi connectivity index (χ1) is 11.2. The monoisotopic (exact) mass is 390 g/mol. The molecular weight excluding hydrogens is 375 g/mol. The third kappa shape index (κ3) is 5.81. The molecule has 0 spiro atoms. The van der Waals surface area contributed by atoms with Crippen LogP contribution < -0.4 is 10.9 Å². The lowest BCUT2D eigenvalue weighted by Crippen LogP contribution is -2.41. The summed E-state index contributed by atoms with van der Waals surface area (Å²) >= 11 is 11.8. The molecule has 6 nitrogen and oxygen atoms in total. The third-order valence-electron chi connectivity index (χ3n) is 3.50. The Hall–Kier alpha value is -1.57. The summed E-state index contributed by atoms with van der Waals surface area (Å²) in [7, 11) is -3.02. The van der Waals surface area contributed by atoms with Gasteiger partial charge in [0.2, 0.25) is 5.91 Å². The lowest BCUT2D eigenvalue weighted by Gasteiger charge is -2.08. The number of sulfone groups is 1. The van der Waals surface area contributed by atoms with Gasteiger partial charge < -0.3 is 0 Å². The summed E-state index contributed by atoms with van der Waals surface area (Å²) in [5.41, 5.74) is 5.10. The molecule has 1 aromatic rings. The van der Waals surface area contributed by atoms with Crippen LogP contribution in [0.25, 0.3) is 6.08 Å². The molecule has 0 bridgehead atoms. The van der Waals surface area contributed by atoms with Gasteiger partial charge in [0.15, 0.2) is 9.84 Å².